The summed E-state index contributed by atoms with van der Waals surface area (Å²) in [5.41, 5.74) is 3.09. The molecule has 2 aromatic heterocycles. The Bertz CT molecular complexity index is 1040. The first-order valence-corrected chi connectivity index (χ1v) is 9.76. The predicted molar refractivity (Wildman–Crippen MR) is 115 cm³/mol. The van der Waals surface area contributed by atoms with Gasteiger partial charge in [-0.05, 0) is 43.7 Å². The molecule has 3 aromatic rings. The van der Waals surface area contributed by atoms with Crippen LogP contribution in [0.25, 0.3) is 23.0 Å². The van der Waals surface area contributed by atoms with Crippen LogP contribution in [0.4, 0.5) is 0 Å². The second-order valence-electron chi connectivity index (χ2n) is 6.43. The molecule has 1 amide bonds. The number of benzene rings is 1. The quantitative estimate of drug-likeness (QED) is 0.337. The number of nitriles is 1. The van der Waals surface area contributed by atoms with Crippen LogP contribution in [0.2, 0.25) is 0 Å². The van der Waals surface area contributed by atoms with Gasteiger partial charge in [0.2, 0.25) is 0 Å². The fourth-order valence-corrected chi connectivity index (χ4v) is 2.86. The third-order valence-corrected chi connectivity index (χ3v) is 4.34. The van der Waals surface area contributed by atoms with Gasteiger partial charge in [-0.15, -0.1) is 0 Å². The van der Waals surface area contributed by atoms with Crippen LogP contribution in [0.5, 0.6) is 0 Å². The van der Waals surface area contributed by atoms with Crippen molar-refractivity contribution >= 4 is 12.0 Å². The van der Waals surface area contributed by atoms with Gasteiger partial charge in [0.15, 0.2) is 0 Å². The maximum Gasteiger partial charge on any atom is 0.261 e. The highest BCUT2D eigenvalue weighted by molar-refractivity contribution is 6.02. The van der Waals surface area contributed by atoms with Crippen LogP contribution < -0.4 is 5.32 Å². The van der Waals surface area contributed by atoms with Crippen molar-refractivity contribution in [2.24, 2.45) is 0 Å². The molecular weight excluding hydrogens is 378 g/mol. The Hall–Kier alpha value is -3.76. The van der Waals surface area contributed by atoms with Gasteiger partial charge in [-0.25, -0.2) is 4.68 Å². The van der Waals surface area contributed by atoms with E-state index in [4.69, 9.17) is 4.74 Å². The highest BCUT2D eigenvalue weighted by atomic mass is 16.5. The van der Waals surface area contributed by atoms with Gasteiger partial charge in [0.05, 0.1) is 5.69 Å². The maximum absolute atomic E-state index is 12.5. The number of rotatable bonds is 9. The lowest BCUT2D eigenvalue weighted by Gasteiger charge is -2.04. The number of carbonyl (C=O) groups is 1. The third-order valence-electron chi connectivity index (χ3n) is 4.34. The monoisotopic (exact) mass is 401 g/mol. The van der Waals surface area contributed by atoms with Crippen LogP contribution in [0.3, 0.4) is 0 Å². The van der Waals surface area contributed by atoms with E-state index in [0.717, 1.165) is 11.3 Å². The van der Waals surface area contributed by atoms with E-state index in [0.29, 0.717) is 37.4 Å². The first-order valence-electron chi connectivity index (χ1n) is 9.76. The minimum Gasteiger partial charge on any atom is -0.382 e. The van der Waals surface area contributed by atoms with Gasteiger partial charge in [-0.3, -0.25) is 9.78 Å². The Labute approximate surface area is 175 Å². The number of aromatic nitrogens is 3. The van der Waals surface area contributed by atoms with Crippen LogP contribution in [0.1, 0.15) is 18.9 Å². The molecule has 3 rings (SSSR count). The fourth-order valence-electron chi connectivity index (χ4n) is 2.86. The van der Waals surface area contributed by atoms with Gasteiger partial charge in [-0.1, -0.05) is 18.2 Å². The molecule has 0 aliphatic carbocycles. The number of pyridine rings is 1. The predicted octanol–water partition coefficient (Wildman–Crippen LogP) is 3.38. The Morgan fingerprint density at radius 3 is 2.70 bits per heavy atom. The average molecular weight is 401 g/mol. The summed E-state index contributed by atoms with van der Waals surface area (Å²) in [6.45, 7) is 3.57. The van der Waals surface area contributed by atoms with Crippen LogP contribution in [0.15, 0.2) is 66.6 Å². The van der Waals surface area contributed by atoms with E-state index in [2.05, 4.69) is 15.4 Å². The molecule has 0 saturated heterocycles. The van der Waals surface area contributed by atoms with Crippen LogP contribution >= 0.6 is 0 Å². The van der Waals surface area contributed by atoms with Gasteiger partial charge < -0.3 is 10.1 Å². The standard InChI is InChI=1S/C23H23N5O2/c1-2-30-14-6-11-26-23(29)19(16-24)15-20-17-28(21-7-4-3-5-8-21)27-22(20)18-9-12-25-13-10-18/h3-5,7-10,12-13,15,17H,2,6,11,14H2,1H3,(H,26,29)/b19-15-. The summed E-state index contributed by atoms with van der Waals surface area (Å²) in [5, 5.41) is 17.0. The zero-order valence-electron chi connectivity index (χ0n) is 16.8. The molecule has 30 heavy (non-hydrogen) atoms. The number of carbonyl (C=O) groups excluding carboxylic acids is 1. The molecule has 1 N–H and O–H groups in total. The van der Waals surface area contributed by atoms with Gasteiger partial charge in [0.25, 0.3) is 5.91 Å². The maximum atomic E-state index is 12.5. The van der Waals surface area contributed by atoms with E-state index in [9.17, 15) is 10.1 Å². The Morgan fingerprint density at radius 2 is 2.00 bits per heavy atom. The zero-order chi connectivity index (χ0) is 21.2. The topological polar surface area (TPSA) is 92.8 Å². The lowest BCUT2D eigenvalue weighted by Crippen LogP contribution is -2.26. The minimum absolute atomic E-state index is 0.0225. The third kappa shape index (κ3) is 5.40. The highest BCUT2D eigenvalue weighted by Gasteiger charge is 2.15. The normalized spacial score (nSPS) is 11.1. The van der Waals surface area contributed by atoms with E-state index in [-0.39, 0.29) is 5.57 Å². The Morgan fingerprint density at radius 1 is 1.23 bits per heavy atom. The van der Waals surface area contributed by atoms with Crippen molar-refractivity contribution in [2.75, 3.05) is 19.8 Å². The van der Waals surface area contributed by atoms with Crippen molar-refractivity contribution in [1.82, 2.24) is 20.1 Å². The van der Waals surface area contributed by atoms with Crippen molar-refractivity contribution in [3.05, 3.63) is 72.2 Å². The van der Waals surface area contributed by atoms with Crippen LogP contribution in [0, 0.1) is 11.3 Å². The molecule has 1 aromatic carbocycles. The molecule has 0 bridgehead atoms. The van der Waals surface area contributed by atoms with Gasteiger partial charge >= 0.3 is 0 Å². The smallest absolute Gasteiger partial charge is 0.261 e. The number of hydrogen-bond donors (Lipinski definition) is 1. The molecule has 7 heteroatoms. The molecule has 0 aliphatic rings. The van der Waals surface area contributed by atoms with Crippen molar-refractivity contribution in [3.8, 4) is 23.0 Å². The Kier molecular flexibility index (Phi) is 7.47. The number of amides is 1. The first-order chi connectivity index (χ1) is 14.7. The molecule has 0 saturated carbocycles. The molecule has 152 valence electrons. The van der Waals surface area contributed by atoms with E-state index in [1.807, 2.05) is 61.7 Å². The summed E-state index contributed by atoms with van der Waals surface area (Å²) < 4.78 is 6.99. The van der Waals surface area contributed by atoms with E-state index in [1.165, 1.54) is 0 Å². The molecule has 0 spiro atoms. The molecule has 0 fully saturated rings. The number of nitrogens with one attached hydrogen (secondary N) is 1. The summed E-state index contributed by atoms with van der Waals surface area (Å²) in [7, 11) is 0. The lowest BCUT2D eigenvalue weighted by molar-refractivity contribution is -0.117. The summed E-state index contributed by atoms with van der Waals surface area (Å²) in [6, 6.07) is 15.3. The van der Waals surface area contributed by atoms with Gasteiger partial charge in [0.1, 0.15) is 17.3 Å². The van der Waals surface area contributed by atoms with Crippen molar-refractivity contribution < 1.29 is 9.53 Å². The molecule has 0 aliphatic heterocycles. The van der Waals surface area contributed by atoms with E-state index in [1.54, 1.807) is 23.2 Å². The molecule has 0 radical (unpaired) electrons. The van der Waals surface area contributed by atoms with Gasteiger partial charge in [0, 0.05) is 49.5 Å². The Balaban J connectivity index is 1.90. The lowest BCUT2D eigenvalue weighted by atomic mass is 10.1. The second kappa shape index (κ2) is 10.7. The molecular formula is C23H23N5O2. The molecule has 0 atom stereocenters. The summed E-state index contributed by atoms with van der Waals surface area (Å²) in [4.78, 5) is 16.5. The number of para-hydroxylation sites is 1. The highest BCUT2D eigenvalue weighted by Crippen LogP contribution is 2.25. The van der Waals surface area contributed by atoms with Crippen molar-refractivity contribution in [1.29, 1.82) is 5.26 Å². The first kappa shape index (κ1) is 21.0. The minimum atomic E-state index is -0.415. The number of hydrogen-bond acceptors (Lipinski definition) is 5. The average Bonchev–Trinajstić information content (AvgIpc) is 3.22. The van der Waals surface area contributed by atoms with Gasteiger partial charge in [-0.2, -0.15) is 10.4 Å². The van der Waals surface area contributed by atoms with Crippen molar-refractivity contribution in [3.63, 3.8) is 0 Å². The van der Waals surface area contributed by atoms with Crippen LogP contribution in [-0.4, -0.2) is 40.4 Å². The largest absolute Gasteiger partial charge is 0.382 e. The molecule has 0 unspecified atom stereocenters. The SMILES string of the molecule is CCOCCCNC(=O)/C(C#N)=C\c1cn(-c2ccccc2)nc1-c1ccncc1. The summed E-state index contributed by atoms with van der Waals surface area (Å²) in [6.07, 6.45) is 7.43. The van der Waals surface area contributed by atoms with E-state index >= 15 is 0 Å². The fraction of sp³-hybridized carbons (Fsp3) is 0.217. The second-order valence-corrected chi connectivity index (χ2v) is 6.43. The number of ether oxygens (including phenoxy) is 1. The molecule has 7 nitrogen and oxygen atoms in total. The van der Waals surface area contributed by atoms with E-state index < -0.39 is 5.91 Å². The summed E-state index contributed by atoms with van der Waals surface area (Å²) >= 11 is 0. The molecule has 2 heterocycles. The van der Waals surface area contributed by atoms with Crippen molar-refractivity contribution in [2.45, 2.75) is 13.3 Å². The number of nitrogens with zero attached hydrogens (tertiary/aromatic N) is 4. The zero-order valence-corrected chi connectivity index (χ0v) is 16.8. The van der Waals surface area contributed by atoms with Crippen LogP contribution in [-0.2, 0) is 9.53 Å². The summed E-state index contributed by atoms with van der Waals surface area (Å²) in [5.74, 6) is -0.415.